The Hall–Kier alpha value is -2.17. The van der Waals surface area contributed by atoms with Crippen LogP contribution < -0.4 is 0 Å². The molecule has 0 bridgehead atoms. The zero-order chi connectivity index (χ0) is 15.8. The third kappa shape index (κ3) is 4.98. The van der Waals surface area contributed by atoms with E-state index in [4.69, 9.17) is 14.9 Å². The molecule has 0 saturated heterocycles. The molecule has 4 nitrogen and oxygen atoms in total. The second kappa shape index (κ2) is 8.32. The molecule has 116 valence electrons. The van der Waals surface area contributed by atoms with Gasteiger partial charge in [-0.2, -0.15) is 0 Å². The number of hydrogen-bond acceptors (Lipinski definition) is 4. The second-order valence-electron chi connectivity index (χ2n) is 5.13. The molecule has 0 radical (unpaired) electrons. The van der Waals surface area contributed by atoms with Crippen LogP contribution in [-0.2, 0) is 22.4 Å². The first-order valence-electron chi connectivity index (χ1n) is 7.24. The lowest BCUT2D eigenvalue weighted by Crippen LogP contribution is -2.26. The molecule has 4 heteroatoms. The largest absolute Gasteiger partial charge is 0.457 e. The lowest BCUT2D eigenvalue weighted by molar-refractivity contribution is -0.152. The van der Waals surface area contributed by atoms with E-state index in [1.165, 1.54) is 11.1 Å². The quantitative estimate of drug-likeness (QED) is 0.764. The van der Waals surface area contributed by atoms with Gasteiger partial charge in [0, 0.05) is 0 Å². The van der Waals surface area contributed by atoms with E-state index in [9.17, 15) is 4.79 Å². The predicted octanol–water partition coefficient (Wildman–Crippen LogP) is 1.72. The predicted molar refractivity (Wildman–Crippen MR) is 83.4 cm³/mol. The molecule has 2 N–H and O–H groups in total. The summed E-state index contributed by atoms with van der Waals surface area (Å²) in [5, 5.41) is 17.8. The smallest absolute Gasteiger partial charge is 0.310 e. The number of ether oxygens (including phenoxy) is 1. The Bertz CT molecular complexity index is 574. The summed E-state index contributed by atoms with van der Waals surface area (Å²) in [5.74, 6) is -0.455. The summed E-state index contributed by atoms with van der Waals surface area (Å²) in [6.07, 6.45) is 0.134. The SMILES string of the molecule is O=C(Cc1ccc(Cc2ccccc2)cc1)OC(CO)CO. The Morgan fingerprint density at radius 1 is 0.864 bits per heavy atom. The molecule has 2 aromatic carbocycles. The lowest BCUT2D eigenvalue weighted by atomic mass is 10.0. The third-order valence-electron chi connectivity index (χ3n) is 3.33. The number of aliphatic hydroxyl groups excluding tert-OH is 2. The number of carbonyl (C=O) groups is 1. The Morgan fingerprint density at radius 3 is 2.00 bits per heavy atom. The lowest BCUT2D eigenvalue weighted by Gasteiger charge is -2.12. The first-order valence-corrected chi connectivity index (χ1v) is 7.24. The number of benzene rings is 2. The summed E-state index contributed by atoms with van der Waals surface area (Å²) in [6, 6.07) is 17.9. The van der Waals surface area contributed by atoms with Crippen molar-refractivity contribution >= 4 is 5.97 Å². The van der Waals surface area contributed by atoms with Gasteiger partial charge >= 0.3 is 5.97 Å². The van der Waals surface area contributed by atoms with Gasteiger partial charge in [-0.15, -0.1) is 0 Å². The van der Waals surface area contributed by atoms with Crippen LogP contribution in [0.5, 0.6) is 0 Å². The molecule has 0 aromatic heterocycles. The summed E-state index contributed by atoms with van der Waals surface area (Å²) in [4.78, 5) is 11.7. The fraction of sp³-hybridized carbons (Fsp3) is 0.278. The van der Waals surface area contributed by atoms with Gasteiger partial charge in [0.1, 0.15) is 6.10 Å². The third-order valence-corrected chi connectivity index (χ3v) is 3.33. The molecule has 0 fully saturated rings. The summed E-state index contributed by atoms with van der Waals surface area (Å²) in [7, 11) is 0. The van der Waals surface area contributed by atoms with Crippen molar-refractivity contribution in [1.82, 2.24) is 0 Å². The van der Waals surface area contributed by atoms with Crippen LogP contribution in [0.1, 0.15) is 16.7 Å². The summed E-state index contributed by atoms with van der Waals surface area (Å²) in [6.45, 7) is -0.753. The van der Waals surface area contributed by atoms with E-state index in [1.807, 2.05) is 42.5 Å². The van der Waals surface area contributed by atoms with Crippen LogP contribution in [0.4, 0.5) is 0 Å². The van der Waals surface area contributed by atoms with Crippen LogP contribution in [0.15, 0.2) is 54.6 Å². The number of esters is 1. The van der Waals surface area contributed by atoms with E-state index in [1.54, 1.807) is 0 Å². The van der Waals surface area contributed by atoms with Crippen molar-refractivity contribution in [3.05, 3.63) is 71.3 Å². The zero-order valence-corrected chi connectivity index (χ0v) is 12.3. The molecule has 0 aliphatic carbocycles. The van der Waals surface area contributed by atoms with E-state index in [-0.39, 0.29) is 19.6 Å². The Morgan fingerprint density at radius 2 is 1.41 bits per heavy atom. The molecule has 2 rings (SSSR count). The van der Waals surface area contributed by atoms with Gasteiger partial charge in [0.15, 0.2) is 0 Å². The molecule has 0 unspecified atom stereocenters. The number of carbonyl (C=O) groups excluding carboxylic acids is 1. The van der Waals surface area contributed by atoms with Crippen molar-refractivity contribution in [3.63, 3.8) is 0 Å². The number of aliphatic hydroxyl groups is 2. The van der Waals surface area contributed by atoms with Gasteiger partial charge in [-0.1, -0.05) is 54.6 Å². The van der Waals surface area contributed by atoms with E-state index >= 15 is 0 Å². The highest BCUT2D eigenvalue weighted by Crippen LogP contribution is 2.11. The van der Waals surface area contributed by atoms with Crippen molar-refractivity contribution in [3.8, 4) is 0 Å². The molecule has 2 aromatic rings. The van der Waals surface area contributed by atoms with Crippen molar-refractivity contribution in [2.45, 2.75) is 18.9 Å². The molecule has 0 atom stereocenters. The van der Waals surface area contributed by atoms with Crippen molar-refractivity contribution < 1.29 is 19.7 Å². The monoisotopic (exact) mass is 300 g/mol. The molecule has 0 aliphatic rings. The summed E-state index contributed by atoms with van der Waals surface area (Å²) in [5.41, 5.74) is 3.26. The van der Waals surface area contributed by atoms with Crippen LogP contribution in [-0.4, -0.2) is 35.5 Å². The van der Waals surface area contributed by atoms with Crippen LogP contribution in [0.25, 0.3) is 0 Å². The van der Waals surface area contributed by atoms with Gasteiger partial charge in [0.2, 0.25) is 0 Å². The number of hydrogen-bond donors (Lipinski definition) is 2. The fourth-order valence-electron chi connectivity index (χ4n) is 2.13. The molecule has 0 spiro atoms. The second-order valence-corrected chi connectivity index (χ2v) is 5.13. The van der Waals surface area contributed by atoms with E-state index in [2.05, 4.69) is 12.1 Å². The fourth-order valence-corrected chi connectivity index (χ4v) is 2.13. The minimum absolute atomic E-state index is 0.127. The molecular formula is C18H20O4. The molecule has 0 amide bonds. The minimum Gasteiger partial charge on any atom is -0.457 e. The maximum absolute atomic E-state index is 11.7. The van der Waals surface area contributed by atoms with Gasteiger partial charge in [-0.05, 0) is 23.1 Å². The van der Waals surface area contributed by atoms with Crippen LogP contribution in [0, 0.1) is 0 Å². The number of rotatable bonds is 7. The Kier molecular flexibility index (Phi) is 6.13. The van der Waals surface area contributed by atoms with Crippen molar-refractivity contribution in [2.24, 2.45) is 0 Å². The standard InChI is InChI=1S/C18H20O4/c19-12-17(13-20)22-18(21)11-16-8-6-15(7-9-16)10-14-4-2-1-3-5-14/h1-9,17,19-20H,10-13H2. The van der Waals surface area contributed by atoms with Gasteiger partial charge in [0.25, 0.3) is 0 Å². The van der Waals surface area contributed by atoms with E-state index in [0.29, 0.717) is 0 Å². The summed E-state index contributed by atoms with van der Waals surface area (Å²) < 4.78 is 4.94. The zero-order valence-electron chi connectivity index (χ0n) is 12.3. The van der Waals surface area contributed by atoms with Crippen LogP contribution in [0.2, 0.25) is 0 Å². The molecule has 0 aliphatic heterocycles. The Labute approximate surface area is 130 Å². The molecule has 22 heavy (non-hydrogen) atoms. The van der Waals surface area contributed by atoms with E-state index in [0.717, 1.165) is 12.0 Å². The summed E-state index contributed by atoms with van der Waals surface area (Å²) >= 11 is 0. The average Bonchev–Trinajstić information content (AvgIpc) is 2.55. The van der Waals surface area contributed by atoms with Crippen molar-refractivity contribution in [2.75, 3.05) is 13.2 Å². The first-order chi connectivity index (χ1) is 10.7. The highest BCUT2D eigenvalue weighted by Gasteiger charge is 2.12. The van der Waals surface area contributed by atoms with Crippen molar-refractivity contribution in [1.29, 1.82) is 0 Å². The average molecular weight is 300 g/mol. The Balaban J connectivity index is 1.90. The maximum Gasteiger partial charge on any atom is 0.310 e. The van der Waals surface area contributed by atoms with E-state index < -0.39 is 12.1 Å². The highest BCUT2D eigenvalue weighted by molar-refractivity contribution is 5.72. The van der Waals surface area contributed by atoms with Gasteiger partial charge < -0.3 is 14.9 Å². The van der Waals surface area contributed by atoms with Gasteiger partial charge in [0.05, 0.1) is 19.6 Å². The normalized spacial score (nSPS) is 10.7. The topological polar surface area (TPSA) is 66.8 Å². The minimum atomic E-state index is -0.843. The first kappa shape index (κ1) is 16.2. The molecule has 0 heterocycles. The maximum atomic E-state index is 11.7. The van der Waals surface area contributed by atoms with Gasteiger partial charge in [-0.25, -0.2) is 0 Å². The highest BCUT2D eigenvalue weighted by atomic mass is 16.6. The van der Waals surface area contributed by atoms with Gasteiger partial charge in [-0.3, -0.25) is 4.79 Å². The molecule has 0 saturated carbocycles. The van der Waals surface area contributed by atoms with Crippen LogP contribution in [0.3, 0.4) is 0 Å². The van der Waals surface area contributed by atoms with Crippen LogP contribution >= 0.6 is 0 Å². The molecular weight excluding hydrogens is 280 g/mol.